The van der Waals surface area contributed by atoms with Crippen LogP contribution in [-0.4, -0.2) is 38.7 Å². The van der Waals surface area contributed by atoms with Gasteiger partial charge in [0, 0.05) is 17.5 Å². The summed E-state index contributed by atoms with van der Waals surface area (Å²) in [6.45, 7) is 1.90. The highest BCUT2D eigenvalue weighted by molar-refractivity contribution is 5.58. The predicted octanol–water partition coefficient (Wildman–Crippen LogP) is 3.28. The highest BCUT2D eigenvalue weighted by Crippen LogP contribution is 2.44. The van der Waals surface area contributed by atoms with Crippen LogP contribution < -0.4 is 18.9 Å². The fraction of sp³-hybridized carbons (Fsp3) is 0.333. The van der Waals surface area contributed by atoms with Crippen molar-refractivity contribution in [3.05, 3.63) is 35.4 Å². The molecule has 1 atom stereocenters. The summed E-state index contributed by atoms with van der Waals surface area (Å²) in [6, 6.07) is 6.50. The lowest BCUT2D eigenvalue weighted by atomic mass is 9.91. The maximum absolute atomic E-state index is 10.3. The Balaban J connectivity index is 2.54. The van der Waals surface area contributed by atoms with E-state index in [9.17, 15) is 10.2 Å². The quantitative estimate of drug-likeness (QED) is 0.790. The van der Waals surface area contributed by atoms with E-state index in [0.717, 1.165) is 5.56 Å². The van der Waals surface area contributed by atoms with E-state index >= 15 is 0 Å². The van der Waals surface area contributed by atoms with Crippen LogP contribution in [0.1, 0.15) is 24.0 Å². The van der Waals surface area contributed by atoms with Gasteiger partial charge >= 0.3 is 0 Å². The van der Waals surface area contributed by atoms with Crippen LogP contribution in [0.25, 0.3) is 0 Å². The summed E-state index contributed by atoms with van der Waals surface area (Å²) in [5, 5.41) is 20.2. The lowest BCUT2D eigenvalue weighted by Crippen LogP contribution is -2.01. The molecule has 2 rings (SSSR count). The smallest absolute Gasteiger partial charge is 0.203 e. The molecule has 0 aliphatic heterocycles. The number of ether oxygens (including phenoxy) is 4. The van der Waals surface area contributed by atoms with Gasteiger partial charge in [-0.2, -0.15) is 0 Å². The van der Waals surface area contributed by atoms with Crippen molar-refractivity contribution in [3.8, 4) is 34.5 Å². The molecule has 0 radical (unpaired) electrons. The first-order valence-electron chi connectivity index (χ1n) is 7.36. The topological polar surface area (TPSA) is 77.4 Å². The SMILES string of the molecule is COc1cc(O)c([C@@H](C)c2cc(OC)c(OC)c(OC)c2)cc1O. The normalized spacial score (nSPS) is 11.7. The Bertz CT molecular complexity index is 701. The molecule has 0 bridgehead atoms. The van der Waals surface area contributed by atoms with Gasteiger partial charge in [-0.3, -0.25) is 0 Å². The maximum Gasteiger partial charge on any atom is 0.203 e. The number of benzene rings is 2. The summed E-state index contributed by atoms with van der Waals surface area (Å²) in [7, 11) is 6.05. The first-order chi connectivity index (χ1) is 11.5. The molecule has 0 heterocycles. The Labute approximate surface area is 141 Å². The molecule has 0 aliphatic rings. The van der Waals surface area contributed by atoms with E-state index in [-0.39, 0.29) is 23.2 Å². The van der Waals surface area contributed by atoms with Gasteiger partial charge in [0.25, 0.3) is 0 Å². The first-order valence-corrected chi connectivity index (χ1v) is 7.36. The van der Waals surface area contributed by atoms with Crippen molar-refractivity contribution in [3.63, 3.8) is 0 Å². The minimum atomic E-state index is -0.226. The van der Waals surface area contributed by atoms with Gasteiger partial charge in [0.1, 0.15) is 5.75 Å². The van der Waals surface area contributed by atoms with Crippen molar-refractivity contribution in [1.82, 2.24) is 0 Å². The van der Waals surface area contributed by atoms with Crippen molar-refractivity contribution < 1.29 is 29.2 Å². The molecule has 0 amide bonds. The highest BCUT2D eigenvalue weighted by Gasteiger charge is 2.20. The zero-order valence-electron chi connectivity index (χ0n) is 14.4. The highest BCUT2D eigenvalue weighted by atomic mass is 16.5. The van der Waals surface area contributed by atoms with Crippen LogP contribution in [0, 0.1) is 0 Å². The molecule has 0 fully saturated rings. The predicted molar refractivity (Wildman–Crippen MR) is 89.9 cm³/mol. The van der Waals surface area contributed by atoms with Gasteiger partial charge in [0.05, 0.1) is 28.4 Å². The van der Waals surface area contributed by atoms with Crippen LogP contribution in [0.5, 0.6) is 34.5 Å². The molecule has 0 aliphatic carbocycles. The minimum Gasteiger partial charge on any atom is -0.508 e. The second-order valence-corrected chi connectivity index (χ2v) is 5.26. The number of phenolic OH excluding ortho intramolecular Hbond substituents is 2. The van der Waals surface area contributed by atoms with Gasteiger partial charge in [-0.25, -0.2) is 0 Å². The van der Waals surface area contributed by atoms with E-state index < -0.39 is 0 Å². The van der Waals surface area contributed by atoms with E-state index in [4.69, 9.17) is 18.9 Å². The second kappa shape index (κ2) is 7.21. The second-order valence-electron chi connectivity index (χ2n) is 5.26. The third kappa shape index (κ3) is 3.13. The molecule has 6 nitrogen and oxygen atoms in total. The zero-order chi connectivity index (χ0) is 17.9. The van der Waals surface area contributed by atoms with E-state index in [0.29, 0.717) is 22.8 Å². The van der Waals surface area contributed by atoms with E-state index in [1.807, 2.05) is 19.1 Å². The Morgan fingerprint density at radius 2 is 1.25 bits per heavy atom. The Morgan fingerprint density at radius 3 is 1.71 bits per heavy atom. The Morgan fingerprint density at radius 1 is 0.708 bits per heavy atom. The molecular weight excluding hydrogens is 312 g/mol. The molecule has 0 unspecified atom stereocenters. The number of hydrogen-bond donors (Lipinski definition) is 2. The third-order valence-corrected chi connectivity index (χ3v) is 3.98. The van der Waals surface area contributed by atoms with Crippen molar-refractivity contribution in [2.45, 2.75) is 12.8 Å². The van der Waals surface area contributed by atoms with Gasteiger partial charge in [-0.15, -0.1) is 0 Å². The Hall–Kier alpha value is -2.76. The molecule has 0 saturated heterocycles. The van der Waals surface area contributed by atoms with Gasteiger partial charge in [0.2, 0.25) is 5.75 Å². The number of hydrogen-bond acceptors (Lipinski definition) is 6. The summed E-state index contributed by atoms with van der Waals surface area (Å²) < 4.78 is 21.0. The van der Waals surface area contributed by atoms with E-state index in [1.54, 1.807) is 14.2 Å². The molecule has 6 heteroatoms. The summed E-state index contributed by atoms with van der Waals surface area (Å²) >= 11 is 0. The molecule has 24 heavy (non-hydrogen) atoms. The number of rotatable bonds is 6. The average Bonchev–Trinajstić information content (AvgIpc) is 2.61. The maximum atomic E-state index is 10.3. The van der Waals surface area contributed by atoms with Gasteiger partial charge in [-0.1, -0.05) is 6.92 Å². The van der Waals surface area contributed by atoms with E-state index in [1.165, 1.54) is 26.4 Å². The van der Waals surface area contributed by atoms with Crippen LogP contribution in [0.3, 0.4) is 0 Å². The van der Waals surface area contributed by atoms with Crippen molar-refractivity contribution in [1.29, 1.82) is 0 Å². The van der Waals surface area contributed by atoms with Crippen LogP contribution in [0.4, 0.5) is 0 Å². The Kier molecular flexibility index (Phi) is 5.28. The lowest BCUT2D eigenvalue weighted by Gasteiger charge is -2.19. The monoisotopic (exact) mass is 334 g/mol. The molecule has 0 spiro atoms. The lowest BCUT2D eigenvalue weighted by molar-refractivity contribution is 0.323. The van der Waals surface area contributed by atoms with Crippen LogP contribution in [0.2, 0.25) is 0 Å². The molecule has 0 saturated carbocycles. The van der Waals surface area contributed by atoms with Crippen LogP contribution in [-0.2, 0) is 0 Å². The summed E-state index contributed by atoms with van der Waals surface area (Å²) in [5.41, 5.74) is 1.40. The van der Waals surface area contributed by atoms with Crippen molar-refractivity contribution in [2.75, 3.05) is 28.4 Å². The van der Waals surface area contributed by atoms with Gasteiger partial charge in [0.15, 0.2) is 23.0 Å². The zero-order valence-corrected chi connectivity index (χ0v) is 14.4. The van der Waals surface area contributed by atoms with E-state index in [2.05, 4.69) is 0 Å². The summed E-state index contributed by atoms with van der Waals surface area (Å²) in [4.78, 5) is 0. The summed E-state index contributed by atoms with van der Waals surface area (Å²) in [5.74, 6) is 1.53. The fourth-order valence-electron chi connectivity index (χ4n) is 2.62. The molecule has 130 valence electrons. The number of phenols is 2. The fourth-order valence-corrected chi connectivity index (χ4v) is 2.62. The third-order valence-electron chi connectivity index (χ3n) is 3.98. The standard InChI is InChI=1S/C18H22O6/c1-10(12-8-14(20)15(21-2)9-13(12)19)11-6-16(22-3)18(24-5)17(7-11)23-4/h6-10,19-20H,1-5H3/t10-/m0/s1. The van der Waals surface area contributed by atoms with Gasteiger partial charge in [-0.05, 0) is 23.8 Å². The molecular formula is C18H22O6. The molecule has 2 aromatic rings. The largest absolute Gasteiger partial charge is 0.508 e. The van der Waals surface area contributed by atoms with Crippen LogP contribution >= 0.6 is 0 Å². The number of aromatic hydroxyl groups is 2. The van der Waals surface area contributed by atoms with Crippen molar-refractivity contribution >= 4 is 0 Å². The average molecular weight is 334 g/mol. The first kappa shape index (κ1) is 17.6. The molecule has 2 N–H and O–H groups in total. The number of methoxy groups -OCH3 is 4. The molecule has 0 aromatic heterocycles. The van der Waals surface area contributed by atoms with Gasteiger partial charge < -0.3 is 29.2 Å². The molecule has 2 aromatic carbocycles. The minimum absolute atomic E-state index is 0.0332. The van der Waals surface area contributed by atoms with Crippen LogP contribution in [0.15, 0.2) is 24.3 Å². The summed E-state index contributed by atoms with van der Waals surface area (Å²) in [6.07, 6.45) is 0. The van der Waals surface area contributed by atoms with Crippen molar-refractivity contribution in [2.24, 2.45) is 0 Å².